The van der Waals surface area contributed by atoms with Crippen LogP contribution in [0.2, 0.25) is 0 Å². The van der Waals surface area contributed by atoms with Gasteiger partial charge in [-0.25, -0.2) is 13.2 Å². The van der Waals surface area contributed by atoms with Crippen LogP contribution in [0.4, 0.5) is 10.5 Å². The molecule has 0 saturated carbocycles. The minimum atomic E-state index is -4.00. The average molecular weight is 584 g/mol. The van der Waals surface area contributed by atoms with E-state index in [0.29, 0.717) is 22.7 Å². The topological polar surface area (TPSA) is 118 Å². The Bertz CT molecular complexity index is 1480. The first kappa shape index (κ1) is 30.2. The summed E-state index contributed by atoms with van der Waals surface area (Å²) in [5, 5.41) is 12.8. The number of hydrogen-bond acceptors (Lipinski definition) is 7. The number of carbonyl (C=O) groups excluding carboxylic acids is 1. The van der Waals surface area contributed by atoms with Gasteiger partial charge in [-0.05, 0) is 42.8 Å². The van der Waals surface area contributed by atoms with Crippen molar-refractivity contribution < 1.29 is 32.5 Å². The number of ether oxygens (including phenoxy) is 3. The number of para-hydroxylation sites is 1. The van der Waals surface area contributed by atoms with Crippen molar-refractivity contribution in [3.63, 3.8) is 0 Å². The lowest BCUT2D eigenvalue weighted by Gasteiger charge is -2.37. The molecular weight excluding hydrogens is 546 g/mol. The van der Waals surface area contributed by atoms with Gasteiger partial charge in [0.2, 0.25) is 10.0 Å². The summed E-state index contributed by atoms with van der Waals surface area (Å²) in [7, 11) is 0.779. The molecule has 3 aromatic rings. The Labute approximate surface area is 241 Å². The van der Waals surface area contributed by atoms with Crippen LogP contribution < -0.4 is 19.5 Å². The van der Waals surface area contributed by atoms with Crippen molar-refractivity contribution in [1.29, 1.82) is 0 Å². The van der Waals surface area contributed by atoms with Gasteiger partial charge in [0.1, 0.15) is 28.2 Å². The highest BCUT2D eigenvalue weighted by atomic mass is 32.2. The monoisotopic (exact) mass is 583 g/mol. The zero-order chi connectivity index (χ0) is 29.7. The number of benzene rings is 3. The Kier molecular flexibility index (Phi) is 9.42. The number of nitrogens with zero attached hydrogens (tertiary/aromatic N) is 2. The lowest BCUT2D eigenvalue weighted by Crippen LogP contribution is -2.50. The predicted molar refractivity (Wildman–Crippen MR) is 157 cm³/mol. The Balaban J connectivity index is 1.70. The number of anilines is 1. The van der Waals surface area contributed by atoms with Crippen molar-refractivity contribution >= 4 is 21.7 Å². The molecule has 0 aliphatic carbocycles. The molecule has 2 amide bonds. The molecule has 41 heavy (non-hydrogen) atoms. The first-order chi connectivity index (χ1) is 19.6. The normalized spacial score (nSPS) is 19.1. The van der Waals surface area contributed by atoms with Crippen molar-refractivity contribution in [3.05, 3.63) is 66.7 Å². The van der Waals surface area contributed by atoms with Crippen molar-refractivity contribution in [2.24, 2.45) is 5.92 Å². The summed E-state index contributed by atoms with van der Waals surface area (Å²) in [6.07, 6.45) is -0.563. The van der Waals surface area contributed by atoms with E-state index >= 15 is 0 Å². The molecule has 1 heterocycles. The molecule has 1 aliphatic heterocycles. The molecule has 4 rings (SSSR count). The summed E-state index contributed by atoms with van der Waals surface area (Å²) < 4.78 is 46.1. The molecule has 3 atom stereocenters. The summed E-state index contributed by atoms with van der Waals surface area (Å²) in [4.78, 5) is 14.6. The van der Waals surface area contributed by atoms with Crippen LogP contribution in [0.5, 0.6) is 17.2 Å². The van der Waals surface area contributed by atoms with Crippen molar-refractivity contribution in [1.82, 2.24) is 9.21 Å². The van der Waals surface area contributed by atoms with Gasteiger partial charge in [-0.2, -0.15) is 4.31 Å². The van der Waals surface area contributed by atoms with Gasteiger partial charge in [-0.15, -0.1) is 0 Å². The number of fused-ring (bicyclic) bond motifs is 1. The number of amides is 2. The first-order valence-corrected chi connectivity index (χ1v) is 14.8. The van der Waals surface area contributed by atoms with E-state index in [1.165, 1.54) is 15.3 Å². The van der Waals surface area contributed by atoms with Crippen LogP contribution in [-0.4, -0.2) is 81.9 Å². The van der Waals surface area contributed by atoms with E-state index < -0.39 is 22.2 Å². The van der Waals surface area contributed by atoms with Gasteiger partial charge in [-0.3, -0.25) is 0 Å². The Morgan fingerprint density at radius 3 is 2.59 bits per heavy atom. The van der Waals surface area contributed by atoms with Crippen molar-refractivity contribution in [2.75, 3.05) is 46.3 Å². The van der Waals surface area contributed by atoms with E-state index in [2.05, 4.69) is 5.32 Å². The zero-order valence-electron chi connectivity index (χ0n) is 23.9. The lowest BCUT2D eigenvalue weighted by molar-refractivity contribution is 0.0830. The number of urea groups is 1. The molecule has 0 bridgehead atoms. The highest BCUT2D eigenvalue weighted by Crippen LogP contribution is 2.38. The summed E-state index contributed by atoms with van der Waals surface area (Å²) >= 11 is 0. The predicted octanol–water partition coefficient (Wildman–Crippen LogP) is 4.30. The van der Waals surface area contributed by atoms with E-state index in [1.807, 2.05) is 31.2 Å². The number of methoxy groups -OCH3 is 2. The van der Waals surface area contributed by atoms with Gasteiger partial charge >= 0.3 is 6.03 Å². The number of aliphatic hydroxyl groups is 1. The maximum absolute atomic E-state index is 13.8. The molecule has 0 fully saturated rings. The molecule has 3 aromatic carbocycles. The second kappa shape index (κ2) is 12.8. The number of nitrogens with one attached hydrogen (secondary N) is 1. The highest BCUT2D eigenvalue weighted by Gasteiger charge is 2.38. The zero-order valence-corrected chi connectivity index (χ0v) is 24.7. The fraction of sp³-hybridized carbons (Fsp3) is 0.367. The van der Waals surface area contributed by atoms with Gasteiger partial charge in [0.15, 0.2) is 0 Å². The second-order valence-electron chi connectivity index (χ2n) is 10.1. The van der Waals surface area contributed by atoms with Crippen LogP contribution in [-0.2, 0) is 10.0 Å². The van der Waals surface area contributed by atoms with Gasteiger partial charge < -0.3 is 29.5 Å². The third kappa shape index (κ3) is 6.58. The summed E-state index contributed by atoms with van der Waals surface area (Å²) in [6.45, 7) is 3.48. The highest BCUT2D eigenvalue weighted by molar-refractivity contribution is 7.89. The molecular formula is C30H37N3O7S. The standard InChI is InChI=1S/C30H37N3O7S/c1-20-17-33(21(2)19-34)41(36,37)29-14-13-22(25-11-6-7-12-26(25)39-5)15-27(29)40-28(20)18-32(3)30(35)31-23-9-8-10-24(16-23)38-4/h6-16,20-21,28,34H,17-19H2,1-5H3,(H,31,35)/t20-,21+,28+/m0/s1. The molecule has 10 nitrogen and oxygen atoms in total. The Morgan fingerprint density at radius 2 is 1.88 bits per heavy atom. The van der Waals surface area contributed by atoms with Gasteiger partial charge in [-0.1, -0.05) is 37.3 Å². The maximum atomic E-state index is 13.8. The number of rotatable bonds is 8. The van der Waals surface area contributed by atoms with Gasteiger partial charge in [0.25, 0.3) is 0 Å². The van der Waals surface area contributed by atoms with Crippen molar-refractivity contribution in [3.8, 4) is 28.4 Å². The molecule has 0 radical (unpaired) electrons. The van der Waals surface area contributed by atoms with Crippen LogP contribution in [0.25, 0.3) is 11.1 Å². The molecule has 0 aromatic heterocycles. The fourth-order valence-corrected chi connectivity index (χ4v) is 6.59. The fourth-order valence-electron chi connectivity index (χ4n) is 4.77. The van der Waals surface area contributed by atoms with E-state index in [9.17, 15) is 18.3 Å². The van der Waals surface area contributed by atoms with Crippen molar-refractivity contribution in [2.45, 2.75) is 30.9 Å². The minimum Gasteiger partial charge on any atom is -0.497 e. The summed E-state index contributed by atoms with van der Waals surface area (Å²) in [5.41, 5.74) is 2.07. The quantitative estimate of drug-likeness (QED) is 0.406. The number of aliphatic hydroxyl groups excluding tert-OH is 1. The van der Waals surface area contributed by atoms with E-state index in [0.717, 1.165) is 5.56 Å². The average Bonchev–Trinajstić information content (AvgIpc) is 2.98. The van der Waals surface area contributed by atoms with E-state index in [1.54, 1.807) is 64.6 Å². The smallest absolute Gasteiger partial charge is 0.321 e. The molecule has 0 unspecified atom stereocenters. The molecule has 1 aliphatic rings. The van der Waals surface area contributed by atoms with Gasteiger partial charge in [0, 0.05) is 42.9 Å². The van der Waals surface area contributed by atoms with Crippen LogP contribution in [0.3, 0.4) is 0 Å². The largest absolute Gasteiger partial charge is 0.497 e. The van der Waals surface area contributed by atoms with Crippen LogP contribution in [0.1, 0.15) is 13.8 Å². The summed E-state index contributed by atoms with van der Waals surface area (Å²) in [6, 6.07) is 18.4. The van der Waals surface area contributed by atoms with Crippen LogP contribution >= 0.6 is 0 Å². The number of likely N-dealkylation sites (N-methyl/N-ethyl adjacent to an activating group) is 1. The number of sulfonamides is 1. The van der Waals surface area contributed by atoms with Crippen LogP contribution in [0, 0.1) is 5.92 Å². The first-order valence-electron chi connectivity index (χ1n) is 13.3. The third-order valence-corrected chi connectivity index (χ3v) is 9.23. The molecule has 2 N–H and O–H groups in total. The van der Waals surface area contributed by atoms with Gasteiger partial charge in [0.05, 0.1) is 27.4 Å². The van der Waals surface area contributed by atoms with E-state index in [-0.39, 0.29) is 42.3 Å². The second-order valence-corrected chi connectivity index (χ2v) is 12.0. The molecule has 11 heteroatoms. The maximum Gasteiger partial charge on any atom is 0.321 e. The molecule has 0 spiro atoms. The molecule has 0 saturated heterocycles. The number of hydrogen-bond donors (Lipinski definition) is 2. The number of carbonyl (C=O) groups is 1. The van der Waals surface area contributed by atoms with E-state index in [4.69, 9.17) is 14.2 Å². The SMILES string of the molecule is COc1cccc(NC(=O)N(C)C[C@H]2Oc3cc(-c4ccccc4OC)ccc3S(=O)(=O)N([C@H](C)CO)C[C@@H]2C)c1. The Hall–Kier alpha value is -3.80. The minimum absolute atomic E-state index is 0.00293. The lowest BCUT2D eigenvalue weighted by atomic mass is 10.0. The molecule has 220 valence electrons. The Morgan fingerprint density at radius 1 is 1.12 bits per heavy atom. The third-order valence-electron chi connectivity index (χ3n) is 7.21. The summed E-state index contributed by atoms with van der Waals surface area (Å²) in [5.74, 6) is 1.09. The van der Waals surface area contributed by atoms with Crippen LogP contribution in [0.15, 0.2) is 71.6 Å².